The number of benzene rings is 3. The number of allylic oxidation sites excluding steroid dienone is 2. The Morgan fingerprint density at radius 1 is 1.09 bits per heavy atom. The Balaban J connectivity index is 1.52. The van der Waals surface area contributed by atoms with Gasteiger partial charge in [-0.15, -0.1) is 11.8 Å². The van der Waals surface area contributed by atoms with E-state index in [9.17, 15) is 19.3 Å². The Bertz CT molecular complexity index is 1280. The van der Waals surface area contributed by atoms with Gasteiger partial charge in [-0.3, -0.25) is 14.9 Å². The fourth-order valence-corrected chi connectivity index (χ4v) is 4.15. The van der Waals surface area contributed by atoms with Crippen molar-refractivity contribution in [1.82, 2.24) is 5.32 Å². The Labute approximate surface area is 195 Å². The van der Waals surface area contributed by atoms with Gasteiger partial charge in [0.2, 0.25) is 5.91 Å². The standard InChI is InChI=1S/C26H21FN2O3S/c1-33-23-8-5-17(6-9-23)11-19-13-20(25-15-21(27)7-10-24(19)25)14-26(30)28-16-18-3-2-4-22(12-18)29(31)32/h2-13,15H,14,16H2,1H3,(H,28,30). The third kappa shape index (κ3) is 5.38. The van der Waals surface area contributed by atoms with Crippen LogP contribution >= 0.6 is 11.8 Å². The Morgan fingerprint density at radius 3 is 2.61 bits per heavy atom. The molecule has 0 spiro atoms. The summed E-state index contributed by atoms with van der Waals surface area (Å²) in [6.07, 6.45) is 6.04. The summed E-state index contributed by atoms with van der Waals surface area (Å²) < 4.78 is 14.0. The molecule has 0 unspecified atom stereocenters. The SMILES string of the molecule is CSc1ccc(C=C2C=C(CC(=O)NCc3cccc([N+](=O)[O-])c3)c3cc(F)ccc32)cc1. The number of carbonyl (C=O) groups excluding carboxylic acids is 1. The van der Waals surface area contributed by atoms with Crippen LogP contribution in [0.4, 0.5) is 10.1 Å². The van der Waals surface area contributed by atoms with Crippen LogP contribution in [0.3, 0.4) is 0 Å². The number of hydrogen-bond donors (Lipinski definition) is 1. The maximum atomic E-state index is 14.0. The predicted octanol–water partition coefficient (Wildman–Crippen LogP) is 6.10. The van der Waals surface area contributed by atoms with E-state index in [-0.39, 0.29) is 30.4 Å². The van der Waals surface area contributed by atoms with Crippen molar-refractivity contribution in [3.63, 3.8) is 0 Å². The van der Waals surface area contributed by atoms with E-state index >= 15 is 0 Å². The molecular formula is C26H21FN2O3S. The van der Waals surface area contributed by atoms with Gasteiger partial charge >= 0.3 is 0 Å². The predicted molar refractivity (Wildman–Crippen MR) is 130 cm³/mol. The average Bonchev–Trinajstić information content (AvgIpc) is 3.14. The monoisotopic (exact) mass is 460 g/mol. The molecule has 0 aliphatic heterocycles. The number of non-ortho nitro benzene ring substituents is 1. The van der Waals surface area contributed by atoms with E-state index in [2.05, 4.69) is 5.32 Å². The van der Waals surface area contributed by atoms with Gasteiger partial charge in [-0.1, -0.05) is 30.3 Å². The van der Waals surface area contributed by atoms with Gasteiger partial charge in [-0.25, -0.2) is 4.39 Å². The highest BCUT2D eigenvalue weighted by molar-refractivity contribution is 7.98. The van der Waals surface area contributed by atoms with Gasteiger partial charge in [0.15, 0.2) is 0 Å². The third-order valence-electron chi connectivity index (χ3n) is 5.37. The van der Waals surface area contributed by atoms with E-state index in [1.807, 2.05) is 42.7 Å². The molecule has 0 saturated carbocycles. The van der Waals surface area contributed by atoms with Gasteiger partial charge in [-0.2, -0.15) is 0 Å². The summed E-state index contributed by atoms with van der Waals surface area (Å²) in [7, 11) is 0. The van der Waals surface area contributed by atoms with Gasteiger partial charge < -0.3 is 5.32 Å². The topological polar surface area (TPSA) is 72.2 Å². The number of carbonyl (C=O) groups is 1. The quantitative estimate of drug-likeness (QED) is 0.263. The molecular weight excluding hydrogens is 439 g/mol. The van der Waals surface area contributed by atoms with Crippen LogP contribution in [-0.2, 0) is 11.3 Å². The molecule has 0 radical (unpaired) electrons. The van der Waals surface area contributed by atoms with Crippen molar-refractivity contribution < 1.29 is 14.1 Å². The summed E-state index contributed by atoms with van der Waals surface area (Å²) in [6.45, 7) is 0.175. The first-order valence-electron chi connectivity index (χ1n) is 10.3. The van der Waals surface area contributed by atoms with Crippen LogP contribution < -0.4 is 5.32 Å². The van der Waals surface area contributed by atoms with Crippen LogP contribution in [0.5, 0.6) is 0 Å². The lowest BCUT2D eigenvalue weighted by molar-refractivity contribution is -0.384. The smallest absolute Gasteiger partial charge is 0.269 e. The normalized spacial score (nSPS) is 13.5. The minimum absolute atomic E-state index is 0.0232. The molecule has 1 aliphatic carbocycles. The molecule has 0 saturated heterocycles. The summed E-state index contributed by atoms with van der Waals surface area (Å²) in [5.74, 6) is -0.601. The molecule has 4 rings (SSSR count). The molecule has 0 atom stereocenters. The summed E-state index contributed by atoms with van der Waals surface area (Å²) in [4.78, 5) is 24.3. The van der Waals surface area contributed by atoms with Gasteiger partial charge in [0, 0.05) is 23.6 Å². The summed E-state index contributed by atoms with van der Waals surface area (Å²) in [6, 6.07) is 18.9. The van der Waals surface area contributed by atoms with E-state index in [0.717, 1.165) is 22.3 Å². The number of hydrogen-bond acceptors (Lipinski definition) is 4. The summed E-state index contributed by atoms with van der Waals surface area (Å²) >= 11 is 1.67. The molecule has 0 aromatic heterocycles. The number of nitro benzene ring substituents is 1. The number of rotatable bonds is 7. The largest absolute Gasteiger partial charge is 0.352 e. The van der Waals surface area contributed by atoms with Crippen LogP contribution in [-0.4, -0.2) is 17.1 Å². The molecule has 166 valence electrons. The first-order valence-corrected chi connectivity index (χ1v) is 11.5. The minimum atomic E-state index is -0.470. The molecule has 7 heteroatoms. The van der Waals surface area contributed by atoms with Crippen LogP contribution in [0.2, 0.25) is 0 Å². The fourth-order valence-electron chi connectivity index (χ4n) is 3.74. The van der Waals surface area contributed by atoms with Crippen molar-refractivity contribution in [3.05, 3.63) is 111 Å². The number of nitro groups is 1. The van der Waals surface area contributed by atoms with Gasteiger partial charge in [0.05, 0.1) is 11.3 Å². The minimum Gasteiger partial charge on any atom is -0.352 e. The van der Waals surface area contributed by atoms with Gasteiger partial charge in [0.25, 0.3) is 5.69 Å². The number of halogens is 1. The fraction of sp³-hybridized carbons (Fsp3) is 0.115. The zero-order valence-electron chi connectivity index (χ0n) is 17.9. The first-order chi connectivity index (χ1) is 15.9. The zero-order chi connectivity index (χ0) is 23.4. The summed E-state index contributed by atoms with van der Waals surface area (Å²) in [5, 5.41) is 13.7. The maximum Gasteiger partial charge on any atom is 0.269 e. The lowest BCUT2D eigenvalue weighted by atomic mass is 10.0. The van der Waals surface area contributed by atoms with Crippen LogP contribution in [0.15, 0.2) is 77.7 Å². The average molecular weight is 461 g/mol. The molecule has 0 fully saturated rings. The van der Waals surface area contributed by atoms with E-state index < -0.39 is 4.92 Å². The Morgan fingerprint density at radius 2 is 1.88 bits per heavy atom. The Hall–Kier alpha value is -3.71. The second-order valence-electron chi connectivity index (χ2n) is 7.61. The lowest BCUT2D eigenvalue weighted by Crippen LogP contribution is -2.22. The highest BCUT2D eigenvalue weighted by atomic mass is 32.2. The van der Waals surface area contributed by atoms with Crippen molar-refractivity contribution in [2.45, 2.75) is 17.9 Å². The molecule has 0 heterocycles. The second-order valence-corrected chi connectivity index (χ2v) is 8.49. The van der Waals surface area contributed by atoms with Crippen LogP contribution in [0.1, 0.15) is 28.7 Å². The van der Waals surface area contributed by atoms with E-state index in [1.54, 1.807) is 30.0 Å². The third-order valence-corrected chi connectivity index (χ3v) is 6.11. The van der Waals surface area contributed by atoms with Crippen molar-refractivity contribution in [1.29, 1.82) is 0 Å². The van der Waals surface area contributed by atoms with Crippen molar-refractivity contribution in [3.8, 4) is 0 Å². The first kappa shape index (κ1) is 22.5. The van der Waals surface area contributed by atoms with Crippen LogP contribution in [0.25, 0.3) is 17.2 Å². The van der Waals surface area contributed by atoms with Crippen molar-refractivity contribution in [2.24, 2.45) is 0 Å². The van der Waals surface area contributed by atoms with E-state index in [1.165, 1.54) is 29.2 Å². The number of nitrogens with one attached hydrogen (secondary N) is 1. The summed E-state index contributed by atoms with van der Waals surface area (Å²) in [5.41, 5.74) is 4.87. The lowest BCUT2D eigenvalue weighted by Gasteiger charge is -2.08. The van der Waals surface area contributed by atoms with Crippen molar-refractivity contribution in [2.75, 3.05) is 6.26 Å². The molecule has 5 nitrogen and oxygen atoms in total. The highest BCUT2D eigenvalue weighted by Gasteiger charge is 2.21. The molecule has 3 aromatic rings. The zero-order valence-corrected chi connectivity index (χ0v) is 18.7. The maximum absolute atomic E-state index is 14.0. The molecule has 0 bridgehead atoms. The number of amides is 1. The highest BCUT2D eigenvalue weighted by Crippen LogP contribution is 2.38. The molecule has 33 heavy (non-hydrogen) atoms. The number of nitrogens with zero attached hydrogens (tertiary/aromatic N) is 1. The van der Waals surface area contributed by atoms with E-state index in [4.69, 9.17) is 0 Å². The Kier molecular flexibility index (Phi) is 6.70. The van der Waals surface area contributed by atoms with Gasteiger partial charge in [0.1, 0.15) is 5.82 Å². The van der Waals surface area contributed by atoms with Crippen LogP contribution in [0, 0.1) is 15.9 Å². The van der Waals surface area contributed by atoms with E-state index in [0.29, 0.717) is 11.1 Å². The number of fused-ring (bicyclic) bond motifs is 1. The molecule has 1 N–H and O–H groups in total. The van der Waals surface area contributed by atoms with Crippen molar-refractivity contribution >= 4 is 40.6 Å². The molecule has 1 aliphatic rings. The molecule has 3 aromatic carbocycles. The van der Waals surface area contributed by atoms with Gasteiger partial charge in [-0.05, 0) is 76.1 Å². The molecule has 1 amide bonds. The second kappa shape index (κ2) is 9.83. The number of thioether (sulfide) groups is 1.